The van der Waals surface area contributed by atoms with Gasteiger partial charge in [-0.15, -0.1) is 0 Å². The minimum atomic E-state index is -4.86. The number of nitro groups is 2. The molecule has 13 nitrogen and oxygen atoms in total. The number of carboxylic acid groups (broad SMARTS) is 2. The van der Waals surface area contributed by atoms with Crippen LogP contribution >= 0.6 is 19.4 Å². The second-order valence-electron chi connectivity index (χ2n) is 7.37. The first-order valence-corrected chi connectivity index (χ1v) is 12.6. The summed E-state index contributed by atoms with van der Waals surface area (Å²) in [5.74, 6) is -2.66. The van der Waals surface area contributed by atoms with Gasteiger partial charge in [0.15, 0.2) is 0 Å². The summed E-state index contributed by atoms with van der Waals surface area (Å²) >= 11 is 1.43. The van der Waals surface area contributed by atoms with Gasteiger partial charge in [-0.25, -0.2) is 9.59 Å². The molecule has 0 saturated heterocycles. The first-order valence-electron chi connectivity index (χ1n) is 10.2. The number of carboxylic acids is 2. The Bertz CT molecular complexity index is 1470. The summed E-state index contributed by atoms with van der Waals surface area (Å²) in [6.45, 7) is 1.99. The molecule has 0 heterocycles. The summed E-state index contributed by atoms with van der Waals surface area (Å²) < 4.78 is 10.9. The van der Waals surface area contributed by atoms with Gasteiger partial charge >= 0.3 is 19.5 Å². The smallest absolute Gasteiger partial charge is 0.357 e. The van der Waals surface area contributed by atoms with Gasteiger partial charge < -0.3 is 20.0 Å². The van der Waals surface area contributed by atoms with Crippen molar-refractivity contribution in [2.24, 2.45) is 0 Å². The number of hydrogen-bond acceptors (Lipinski definition) is 8. The maximum absolute atomic E-state index is 10.9. The Kier molecular flexibility index (Phi) is 10.0. The molecule has 0 fully saturated rings. The molecule has 0 aliphatic carbocycles. The van der Waals surface area contributed by atoms with Crippen LogP contribution in [0.3, 0.4) is 0 Å². The highest BCUT2D eigenvalue weighted by molar-refractivity contribution is 7.99. The van der Waals surface area contributed by atoms with Crippen molar-refractivity contribution in [3.05, 3.63) is 104 Å². The van der Waals surface area contributed by atoms with Crippen molar-refractivity contribution in [3.63, 3.8) is 0 Å². The lowest BCUT2D eigenvalue weighted by Gasteiger charge is -2.07. The molecule has 0 radical (unpaired) electrons. The van der Waals surface area contributed by atoms with Crippen molar-refractivity contribution in [1.29, 1.82) is 0 Å². The van der Waals surface area contributed by atoms with Crippen molar-refractivity contribution in [1.82, 2.24) is 0 Å². The predicted octanol–water partition coefficient (Wildman–Crippen LogP) is 4.25. The Morgan fingerprint density at radius 1 is 0.895 bits per heavy atom. The molecule has 3 rings (SSSR count). The number of aromatic carboxylic acids is 1. The minimum Gasteiger partial charge on any atom is -0.478 e. The topological polar surface area (TPSA) is 218 Å². The fraction of sp³-hybridized carbons (Fsp3) is 0.0435. The third kappa shape index (κ3) is 8.64. The number of nitro benzene ring substituents is 2. The van der Waals surface area contributed by atoms with Crippen LogP contribution in [0.4, 0.5) is 11.4 Å². The Balaban J connectivity index is 0.000000281. The van der Waals surface area contributed by atoms with Crippen molar-refractivity contribution in [2.75, 3.05) is 0 Å². The molecule has 38 heavy (non-hydrogen) atoms. The molecule has 198 valence electrons. The van der Waals surface area contributed by atoms with Crippen molar-refractivity contribution < 1.29 is 44.0 Å². The van der Waals surface area contributed by atoms with Crippen LogP contribution in [0.1, 0.15) is 21.5 Å². The number of non-ortho nitro benzene ring substituents is 2. The van der Waals surface area contributed by atoms with E-state index in [2.05, 4.69) is 0 Å². The van der Waals surface area contributed by atoms with Gasteiger partial charge in [0.1, 0.15) is 0 Å². The van der Waals surface area contributed by atoms with Crippen molar-refractivity contribution >= 4 is 54.1 Å². The van der Waals surface area contributed by atoms with E-state index in [0.717, 1.165) is 33.6 Å². The van der Waals surface area contributed by atoms with Gasteiger partial charge in [0.2, 0.25) is 0 Å². The maximum atomic E-state index is 10.9. The SMILES string of the molecule is Cc1ccc(Sc2ccc([N+](=O)[O-])cc2C=CC(=O)O)cc1.O=C(O)c1ccc([N+](=O)[O-])cc1P(=O)(O)O. The lowest BCUT2D eigenvalue weighted by molar-refractivity contribution is -0.385. The normalized spacial score (nSPS) is 10.9. The summed E-state index contributed by atoms with van der Waals surface area (Å²) in [7, 11) is -4.86. The van der Waals surface area contributed by atoms with Crippen LogP contribution < -0.4 is 5.30 Å². The Morgan fingerprint density at radius 3 is 1.95 bits per heavy atom. The first-order chi connectivity index (χ1) is 17.7. The zero-order valence-corrected chi connectivity index (χ0v) is 21.0. The molecule has 3 aromatic rings. The first kappa shape index (κ1) is 29.9. The molecule has 0 aliphatic heterocycles. The molecule has 0 saturated carbocycles. The number of aliphatic carboxylic acids is 1. The van der Waals surface area contributed by atoms with Gasteiger partial charge in [-0.2, -0.15) is 0 Å². The average Bonchev–Trinajstić information content (AvgIpc) is 2.84. The van der Waals surface area contributed by atoms with E-state index < -0.39 is 45.9 Å². The van der Waals surface area contributed by atoms with E-state index in [-0.39, 0.29) is 5.69 Å². The highest BCUT2D eigenvalue weighted by atomic mass is 32.2. The predicted molar refractivity (Wildman–Crippen MR) is 137 cm³/mol. The third-order valence-corrected chi connectivity index (χ3v) is 6.69. The van der Waals surface area contributed by atoms with E-state index in [0.29, 0.717) is 11.6 Å². The summed E-state index contributed by atoms with van der Waals surface area (Å²) in [4.78, 5) is 60.6. The van der Waals surface area contributed by atoms with Gasteiger partial charge in [0.25, 0.3) is 11.4 Å². The van der Waals surface area contributed by atoms with E-state index in [9.17, 15) is 34.4 Å². The quantitative estimate of drug-likeness (QED) is 0.131. The standard InChI is InChI=1S/C16H13NO4S.C7H6NO7P/c1-11-2-6-14(7-3-11)22-15-8-5-13(17(20)21)10-12(15)4-9-16(18)19;9-7(10)5-2-1-4(8(11)12)3-6(5)16(13,14)15/h2-10H,1H3,(H,18,19);1-3H,(H,9,10)(H2,13,14,15). The minimum absolute atomic E-state index is 0.0710. The third-order valence-electron chi connectivity index (χ3n) is 4.59. The monoisotopic (exact) mass is 562 g/mol. The number of benzene rings is 3. The van der Waals surface area contributed by atoms with Gasteiger partial charge in [-0.05, 0) is 42.8 Å². The Morgan fingerprint density at radius 2 is 1.45 bits per heavy atom. The molecule has 0 aliphatic rings. The molecule has 0 aromatic heterocycles. The number of rotatable bonds is 8. The molecule has 15 heteroatoms. The zero-order valence-electron chi connectivity index (χ0n) is 19.3. The highest BCUT2D eigenvalue weighted by Gasteiger charge is 2.27. The molecule has 4 N–H and O–H groups in total. The van der Waals surface area contributed by atoms with E-state index in [4.69, 9.17) is 20.0 Å². The van der Waals surface area contributed by atoms with Crippen molar-refractivity contribution in [3.8, 4) is 0 Å². The van der Waals surface area contributed by atoms with Gasteiger partial charge in [0.05, 0.1) is 20.7 Å². The second-order valence-corrected chi connectivity index (χ2v) is 10.1. The average molecular weight is 562 g/mol. The number of carbonyl (C=O) groups is 2. The largest absolute Gasteiger partial charge is 0.478 e. The van der Waals surface area contributed by atoms with Crippen molar-refractivity contribution in [2.45, 2.75) is 16.7 Å². The lowest BCUT2D eigenvalue weighted by Crippen LogP contribution is -2.16. The van der Waals surface area contributed by atoms with E-state index in [1.54, 1.807) is 6.07 Å². The lowest BCUT2D eigenvalue weighted by atomic mass is 10.2. The van der Waals surface area contributed by atoms with Crippen LogP contribution in [0.25, 0.3) is 6.08 Å². The molecule has 0 spiro atoms. The zero-order chi connectivity index (χ0) is 28.6. The van der Waals surface area contributed by atoms with E-state index in [1.165, 1.54) is 30.0 Å². The fourth-order valence-electron chi connectivity index (χ4n) is 2.82. The van der Waals surface area contributed by atoms with Gasteiger partial charge in [-0.1, -0.05) is 29.5 Å². The Hall–Kier alpha value is -4.36. The van der Waals surface area contributed by atoms with Gasteiger partial charge in [-0.3, -0.25) is 24.8 Å². The molecular formula is C23H19N2O11PS. The summed E-state index contributed by atoms with van der Waals surface area (Å²) in [5.41, 5.74) is 0.335. The number of nitrogens with zero attached hydrogens (tertiary/aromatic N) is 2. The molecule has 0 bridgehead atoms. The van der Waals surface area contributed by atoms with Crippen LogP contribution in [0.5, 0.6) is 0 Å². The molecule has 3 aromatic carbocycles. The summed E-state index contributed by atoms with van der Waals surface area (Å²) in [6, 6.07) is 14.5. The maximum Gasteiger partial charge on any atom is 0.357 e. The van der Waals surface area contributed by atoms with Crippen LogP contribution in [-0.4, -0.2) is 41.8 Å². The molecular weight excluding hydrogens is 543 g/mol. The second kappa shape index (κ2) is 12.7. The van der Waals surface area contributed by atoms with E-state index >= 15 is 0 Å². The molecule has 0 atom stereocenters. The Labute approximate surface area is 218 Å². The summed E-state index contributed by atoms with van der Waals surface area (Å²) in [6.07, 6.45) is 2.34. The van der Waals surface area contributed by atoms with E-state index in [1.807, 2.05) is 31.2 Å². The van der Waals surface area contributed by atoms with Crippen LogP contribution in [0.2, 0.25) is 0 Å². The molecule has 0 unspecified atom stereocenters. The highest BCUT2D eigenvalue weighted by Crippen LogP contribution is 2.36. The number of aryl methyl sites for hydroxylation is 1. The van der Waals surface area contributed by atoms with Crippen LogP contribution in [-0.2, 0) is 9.36 Å². The van der Waals surface area contributed by atoms with Gasteiger partial charge in [0, 0.05) is 40.1 Å². The summed E-state index contributed by atoms with van der Waals surface area (Å²) in [5, 5.41) is 37.7. The van der Waals surface area contributed by atoms with Crippen LogP contribution in [0.15, 0.2) is 76.5 Å². The number of hydrogen-bond donors (Lipinski definition) is 4. The van der Waals surface area contributed by atoms with Crippen LogP contribution in [0, 0.1) is 27.2 Å². The fourth-order valence-corrected chi connectivity index (χ4v) is 4.51. The molecule has 0 amide bonds.